The van der Waals surface area contributed by atoms with Crippen molar-refractivity contribution in [3.8, 4) is 0 Å². The standard InChI is InChI=1S/C6H3Cl2.HI.Zn/c7-5-3-1-2-4-6(5)8;;/h1-3H;1H;/p-1. The minimum absolute atomic E-state index is 0. The van der Waals surface area contributed by atoms with Gasteiger partial charge in [-0.2, -0.15) is 0 Å². The fourth-order valence-corrected chi connectivity index (χ4v) is 0.649. The Morgan fingerprint density at radius 3 is 2.20 bits per heavy atom. The first-order valence-corrected chi connectivity index (χ1v) is 2.88. The van der Waals surface area contributed by atoms with Gasteiger partial charge >= 0.3 is 0 Å². The fraction of sp³-hybridized carbons (Fsp3) is 0. The predicted octanol–water partition coefficient (Wildman–Crippen LogP) is -0.205. The summed E-state index contributed by atoms with van der Waals surface area (Å²) >= 11 is 11.1. The van der Waals surface area contributed by atoms with Crippen LogP contribution in [0.2, 0.25) is 10.0 Å². The van der Waals surface area contributed by atoms with Gasteiger partial charge in [0.2, 0.25) is 0 Å². The number of hydrogen-bond acceptors (Lipinski definition) is 0. The Morgan fingerprint density at radius 2 is 1.90 bits per heavy atom. The molecule has 0 amide bonds. The van der Waals surface area contributed by atoms with Crippen LogP contribution in [0.1, 0.15) is 0 Å². The van der Waals surface area contributed by atoms with Crippen molar-refractivity contribution < 1.29 is 43.5 Å². The minimum atomic E-state index is 0. The molecule has 0 unspecified atom stereocenters. The molecule has 1 aromatic rings. The third-order valence-corrected chi connectivity index (χ3v) is 1.48. The van der Waals surface area contributed by atoms with Crippen LogP contribution in [0.25, 0.3) is 0 Å². The third-order valence-electron chi connectivity index (χ3n) is 0.759. The summed E-state index contributed by atoms with van der Waals surface area (Å²) in [5.41, 5.74) is 0. The van der Waals surface area contributed by atoms with Crippen LogP contribution >= 0.6 is 23.2 Å². The zero-order chi connectivity index (χ0) is 5.98. The van der Waals surface area contributed by atoms with Gasteiger partial charge in [0.05, 0.1) is 10.0 Å². The van der Waals surface area contributed by atoms with Crippen molar-refractivity contribution in [2.45, 2.75) is 0 Å². The Morgan fingerprint density at radius 1 is 1.30 bits per heavy atom. The van der Waals surface area contributed by atoms with E-state index in [0.717, 1.165) is 0 Å². The van der Waals surface area contributed by atoms with E-state index < -0.39 is 0 Å². The Kier molecular flexibility index (Phi) is 9.38. The molecule has 0 N–H and O–H groups in total. The smallest absolute Gasteiger partial charge is 0.0671 e. The largest absolute Gasteiger partial charge is 1.00 e. The SMILES string of the molecule is Clc1[c]cccc1Cl.[I-].[Zn]. The van der Waals surface area contributed by atoms with E-state index in [2.05, 4.69) is 6.07 Å². The number of benzene rings is 1. The predicted molar refractivity (Wildman–Crippen MR) is 35.3 cm³/mol. The zero-order valence-electron chi connectivity index (χ0n) is 5.07. The molecule has 4 heteroatoms. The molecule has 10 heavy (non-hydrogen) atoms. The van der Waals surface area contributed by atoms with Crippen LogP contribution in [-0.2, 0) is 19.5 Å². The quantitative estimate of drug-likeness (QED) is 0.454. The molecule has 1 rings (SSSR count). The molecular weight excluding hydrogens is 335 g/mol. The summed E-state index contributed by atoms with van der Waals surface area (Å²) < 4.78 is 0. The average Bonchev–Trinajstić information content (AvgIpc) is 1.77. The number of rotatable bonds is 0. The van der Waals surface area contributed by atoms with Crippen molar-refractivity contribution in [3.63, 3.8) is 0 Å². The van der Waals surface area contributed by atoms with Crippen LogP contribution in [0.3, 0.4) is 0 Å². The van der Waals surface area contributed by atoms with E-state index in [1.54, 1.807) is 18.2 Å². The first-order chi connectivity index (χ1) is 3.80. The van der Waals surface area contributed by atoms with Crippen molar-refractivity contribution in [1.29, 1.82) is 0 Å². The normalized spacial score (nSPS) is 7.40. The summed E-state index contributed by atoms with van der Waals surface area (Å²) in [5.74, 6) is 0. The summed E-state index contributed by atoms with van der Waals surface area (Å²) in [7, 11) is 0. The van der Waals surface area contributed by atoms with Crippen molar-refractivity contribution in [2.75, 3.05) is 0 Å². The number of hydrogen-bond donors (Lipinski definition) is 0. The van der Waals surface area contributed by atoms with E-state index in [0.29, 0.717) is 10.0 Å². The minimum Gasteiger partial charge on any atom is -1.00 e. The molecule has 1 radical (unpaired) electrons. The molecular formula is C6H3Cl2IZn-. The van der Waals surface area contributed by atoms with Crippen LogP contribution in [0.4, 0.5) is 0 Å². The summed E-state index contributed by atoms with van der Waals surface area (Å²) in [5, 5.41) is 1.03. The van der Waals surface area contributed by atoms with Crippen molar-refractivity contribution in [3.05, 3.63) is 34.3 Å². The maximum Gasteiger partial charge on any atom is 0.0671 e. The molecule has 0 bridgehead atoms. The Balaban J connectivity index is 0. The number of halogens is 3. The van der Waals surface area contributed by atoms with Gasteiger partial charge in [-0.15, -0.1) is 0 Å². The van der Waals surface area contributed by atoms with Gasteiger partial charge in [0.15, 0.2) is 0 Å². The second-order valence-electron chi connectivity index (χ2n) is 1.33. The van der Waals surface area contributed by atoms with Gasteiger partial charge in [0, 0.05) is 25.5 Å². The zero-order valence-corrected chi connectivity index (χ0v) is 11.7. The van der Waals surface area contributed by atoms with E-state index in [4.69, 9.17) is 23.2 Å². The Bertz CT molecular complexity index is 172. The fourth-order valence-electron chi connectivity index (χ4n) is 0.396. The van der Waals surface area contributed by atoms with Gasteiger partial charge in [-0.05, 0) is 6.07 Å². The molecule has 0 saturated carbocycles. The molecule has 0 saturated heterocycles. The summed E-state index contributed by atoms with van der Waals surface area (Å²) in [4.78, 5) is 0. The van der Waals surface area contributed by atoms with Crippen molar-refractivity contribution in [1.82, 2.24) is 0 Å². The van der Waals surface area contributed by atoms with Crippen LogP contribution in [0, 0.1) is 6.07 Å². The molecule has 0 spiro atoms. The molecule has 0 atom stereocenters. The molecule has 0 aliphatic heterocycles. The van der Waals surface area contributed by atoms with Gasteiger partial charge in [-0.25, -0.2) is 0 Å². The van der Waals surface area contributed by atoms with Crippen LogP contribution < -0.4 is 24.0 Å². The van der Waals surface area contributed by atoms with E-state index >= 15 is 0 Å². The van der Waals surface area contributed by atoms with Gasteiger partial charge in [0.1, 0.15) is 0 Å². The second-order valence-corrected chi connectivity index (χ2v) is 2.12. The van der Waals surface area contributed by atoms with E-state index in [9.17, 15) is 0 Å². The van der Waals surface area contributed by atoms with Crippen molar-refractivity contribution >= 4 is 23.2 Å². The average molecular weight is 338 g/mol. The van der Waals surface area contributed by atoms with Crippen LogP contribution in [0.15, 0.2) is 18.2 Å². The summed E-state index contributed by atoms with van der Waals surface area (Å²) in [6.45, 7) is 0. The molecule has 51 valence electrons. The molecule has 0 fully saturated rings. The third kappa shape index (κ3) is 4.12. The van der Waals surface area contributed by atoms with Gasteiger partial charge in [-0.3, -0.25) is 0 Å². The second kappa shape index (κ2) is 6.84. The Hall–Kier alpha value is 1.15. The first kappa shape index (κ1) is 13.7. The molecule has 0 aliphatic carbocycles. The van der Waals surface area contributed by atoms with E-state index in [1.165, 1.54) is 0 Å². The summed E-state index contributed by atoms with van der Waals surface area (Å²) in [6.07, 6.45) is 0. The molecule has 0 aromatic heterocycles. The molecule has 0 heterocycles. The van der Waals surface area contributed by atoms with Gasteiger partial charge in [-0.1, -0.05) is 35.3 Å². The molecule has 0 aliphatic rings. The van der Waals surface area contributed by atoms with Gasteiger partial charge in [0.25, 0.3) is 0 Å². The van der Waals surface area contributed by atoms with Gasteiger partial charge < -0.3 is 24.0 Å². The summed E-state index contributed by atoms with van der Waals surface area (Å²) in [6, 6.07) is 7.96. The van der Waals surface area contributed by atoms with Crippen molar-refractivity contribution in [2.24, 2.45) is 0 Å². The maximum absolute atomic E-state index is 5.55. The van der Waals surface area contributed by atoms with Crippen LogP contribution in [0.5, 0.6) is 0 Å². The van der Waals surface area contributed by atoms with E-state index in [-0.39, 0.29) is 43.5 Å². The van der Waals surface area contributed by atoms with E-state index in [1.807, 2.05) is 0 Å². The monoisotopic (exact) mass is 336 g/mol. The first-order valence-electron chi connectivity index (χ1n) is 2.12. The topological polar surface area (TPSA) is 0 Å². The molecule has 1 aromatic carbocycles. The maximum atomic E-state index is 5.55. The van der Waals surface area contributed by atoms with Crippen LogP contribution in [-0.4, -0.2) is 0 Å². The molecule has 0 nitrogen and oxygen atoms in total. The Labute approximate surface area is 100 Å².